The maximum atomic E-state index is 10.6. The van der Waals surface area contributed by atoms with Gasteiger partial charge >= 0.3 is 5.97 Å². The van der Waals surface area contributed by atoms with Crippen LogP contribution >= 0.6 is 0 Å². The van der Waals surface area contributed by atoms with Crippen LogP contribution < -0.4 is 0 Å². The van der Waals surface area contributed by atoms with Gasteiger partial charge in [0.05, 0.1) is 0 Å². The zero-order chi connectivity index (χ0) is 10.2. The van der Waals surface area contributed by atoms with Crippen molar-refractivity contribution in [3.05, 3.63) is 22.8 Å². The van der Waals surface area contributed by atoms with Crippen molar-refractivity contribution in [2.24, 2.45) is 0 Å². The van der Waals surface area contributed by atoms with E-state index in [1.807, 2.05) is 0 Å². The molecule has 0 aliphatic rings. The highest BCUT2D eigenvalue weighted by Gasteiger charge is 2.17. The molecular formula is C9H10O4. The number of carboxylic acids is 1. The fourth-order valence-electron chi connectivity index (χ4n) is 1.22. The summed E-state index contributed by atoms with van der Waals surface area (Å²) < 4.78 is 0. The van der Waals surface area contributed by atoms with Gasteiger partial charge in [0.2, 0.25) is 0 Å². The third-order valence-corrected chi connectivity index (χ3v) is 1.93. The van der Waals surface area contributed by atoms with Crippen LogP contribution in [0.5, 0.6) is 11.5 Å². The molecule has 1 aromatic rings. The van der Waals surface area contributed by atoms with Crippen LogP contribution in [0, 0.1) is 13.8 Å². The molecule has 0 atom stereocenters. The smallest absolute Gasteiger partial charge is 0.339 e. The number of aromatic hydroxyl groups is 2. The van der Waals surface area contributed by atoms with Crippen molar-refractivity contribution in [2.75, 3.05) is 0 Å². The SMILES string of the molecule is Cc1cc(O)c(C(=O)O)c(C)c1O. The van der Waals surface area contributed by atoms with Crippen LogP contribution in [0.1, 0.15) is 21.5 Å². The van der Waals surface area contributed by atoms with E-state index in [1.165, 1.54) is 13.0 Å². The second-order valence-corrected chi connectivity index (χ2v) is 2.87. The van der Waals surface area contributed by atoms with Crippen LogP contribution in [0.2, 0.25) is 0 Å². The molecular weight excluding hydrogens is 172 g/mol. The Kier molecular flexibility index (Phi) is 2.14. The van der Waals surface area contributed by atoms with Gasteiger partial charge in [-0.3, -0.25) is 0 Å². The Labute approximate surface area is 75.1 Å². The van der Waals surface area contributed by atoms with Crippen molar-refractivity contribution in [1.82, 2.24) is 0 Å². The summed E-state index contributed by atoms with van der Waals surface area (Å²) in [6, 6.07) is 1.23. The van der Waals surface area contributed by atoms with Crippen LogP contribution in [0.3, 0.4) is 0 Å². The monoisotopic (exact) mass is 182 g/mol. The van der Waals surface area contributed by atoms with E-state index in [1.54, 1.807) is 6.92 Å². The lowest BCUT2D eigenvalue weighted by Gasteiger charge is -2.08. The lowest BCUT2D eigenvalue weighted by molar-refractivity contribution is 0.0692. The van der Waals surface area contributed by atoms with E-state index in [0.29, 0.717) is 5.56 Å². The van der Waals surface area contributed by atoms with Gasteiger partial charge in [-0.1, -0.05) is 0 Å². The Hall–Kier alpha value is -1.71. The molecule has 0 aliphatic carbocycles. The van der Waals surface area contributed by atoms with Gasteiger partial charge < -0.3 is 15.3 Å². The maximum absolute atomic E-state index is 10.6. The minimum Gasteiger partial charge on any atom is -0.507 e. The number of hydrogen-bond acceptors (Lipinski definition) is 3. The summed E-state index contributed by atoms with van der Waals surface area (Å²) in [5.41, 5.74) is 0.396. The summed E-state index contributed by atoms with van der Waals surface area (Å²) >= 11 is 0. The lowest BCUT2D eigenvalue weighted by atomic mass is 10.0. The van der Waals surface area contributed by atoms with E-state index in [2.05, 4.69) is 0 Å². The lowest BCUT2D eigenvalue weighted by Crippen LogP contribution is -2.01. The number of aromatic carboxylic acids is 1. The largest absolute Gasteiger partial charge is 0.507 e. The van der Waals surface area contributed by atoms with E-state index in [4.69, 9.17) is 5.11 Å². The molecule has 1 rings (SSSR count). The molecule has 0 fully saturated rings. The van der Waals surface area contributed by atoms with Gasteiger partial charge in [0.1, 0.15) is 17.1 Å². The first-order valence-electron chi connectivity index (χ1n) is 3.70. The average Bonchev–Trinajstić information content (AvgIpc) is 1.99. The molecule has 0 unspecified atom stereocenters. The summed E-state index contributed by atoms with van der Waals surface area (Å²) in [6.45, 7) is 3.04. The third kappa shape index (κ3) is 1.42. The molecule has 0 heterocycles. The van der Waals surface area contributed by atoms with E-state index in [-0.39, 0.29) is 22.6 Å². The Bertz CT molecular complexity index is 368. The van der Waals surface area contributed by atoms with E-state index < -0.39 is 5.97 Å². The Balaban J connectivity index is 3.53. The number of phenolic OH excluding ortho intramolecular Hbond substituents is 1. The van der Waals surface area contributed by atoms with E-state index in [0.717, 1.165) is 0 Å². The average molecular weight is 182 g/mol. The Morgan fingerprint density at radius 2 is 1.85 bits per heavy atom. The third-order valence-electron chi connectivity index (χ3n) is 1.93. The van der Waals surface area contributed by atoms with Crippen molar-refractivity contribution >= 4 is 5.97 Å². The predicted octanol–water partition coefficient (Wildman–Crippen LogP) is 1.41. The highest BCUT2D eigenvalue weighted by Crippen LogP contribution is 2.31. The number of carbonyl (C=O) groups is 1. The highest BCUT2D eigenvalue weighted by atomic mass is 16.4. The highest BCUT2D eigenvalue weighted by molar-refractivity contribution is 5.93. The maximum Gasteiger partial charge on any atom is 0.339 e. The summed E-state index contributed by atoms with van der Waals surface area (Å²) in [4.78, 5) is 10.6. The normalized spacial score (nSPS) is 10.0. The Morgan fingerprint density at radius 3 is 2.31 bits per heavy atom. The number of rotatable bonds is 1. The van der Waals surface area contributed by atoms with Gasteiger partial charge in [0.15, 0.2) is 0 Å². The van der Waals surface area contributed by atoms with Crippen LogP contribution in [0.25, 0.3) is 0 Å². The second kappa shape index (κ2) is 2.97. The van der Waals surface area contributed by atoms with Gasteiger partial charge in [-0.2, -0.15) is 0 Å². The molecule has 0 aliphatic heterocycles. The molecule has 4 nitrogen and oxygen atoms in total. The van der Waals surface area contributed by atoms with Crippen LogP contribution in [-0.2, 0) is 0 Å². The van der Waals surface area contributed by atoms with Crippen LogP contribution in [-0.4, -0.2) is 21.3 Å². The molecule has 0 bridgehead atoms. The van der Waals surface area contributed by atoms with Crippen molar-refractivity contribution in [2.45, 2.75) is 13.8 Å². The van der Waals surface area contributed by atoms with Crippen molar-refractivity contribution in [3.63, 3.8) is 0 Å². The number of benzene rings is 1. The van der Waals surface area contributed by atoms with Crippen molar-refractivity contribution < 1.29 is 20.1 Å². The number of phenols is 2. The fraction of sp³-hybridized carbons (Fsp3) is 0.222. The quantitative estimate of drug-likeness (QED) is 0.574. The topological polar surface area (TPSA) is 77.8 Å². The zero-order valence-corrected chi connectivity index (χ0v) is 7.33. The number of carboxylic acid groups (broad SMARTS) is 1. The van der Waals surface area contributed by atoms with Crippen LogP contribution in [0.15, 0.2) is 6.07 Å². The second-order valence-electron chi connectivity index (χ2n) is 2.87. The first-order chi connectivity index (χ1) is 5.95. The van der Waals surface area contributed by atoms with Crippen molar-refractivity contribution in [3.8, 4) is 11.5 Å². The minimum absolute atomic E-state index is 0.0878. The molecule has 0 radical (unpaired) electrons. The molecule has 0 saturated heterocycles. The summed E-state index contributed by atoms with van der Waals surface area (Å²) in [6.07, 6.45) is 0. The van der Waals surface area contributed by atoms with Gasteiger partial charge in [0.25, 0.3) is 0 Å². The van der Waals surface area contributed by atoms with Crippen LogP contribution in [0.4, 0.5) is 0 Å². The first kappa shape index (κ1) is 9.38. The predicted molar refractivity (Wildman–Crippen MR) is 46.2 cm³/mol. The van der Waals surface area contributed by atoms with E-state index in [9.17, 15) is 15.0 Å². The minimum atomic E-state index is -1.25. The molecule has 70 valence electrons. The first-order valence-corrected chi connectivity index (χ1v) is 3.70. The number of hydrogen-bond donors (Lipinski definition) is 3. The molecule has 13 heavy (non-hydrogen) atoms. The standard InChI is InChI=1S/C9H10O4/c1-4-3-6(10)7(9(12)13)5(2)8(4)11/h3,10-11H,1-2H3,(H,12,13). The fourth-order valence-corrected chi connectivity index (χ4v) is 1.22. The van der Waals surface area contributed by atoms with Gasteiger partial charge in [-0.15, -0.1) is 0 Å². The molecule has 0 aromatic heterocycles. The molecule has 3 N–H and O–H groups in total. The number of aryl methyl sites for hydroxylation is 1. The summed E-state index contributed by atoms with van der Waals surface area (Å²) in [5, 5.41) is 27.4. The summed E-state index contributed by atoms with van der Waals surface area (Å²) in [7, 11) is 0. The molecule has 1 aromatic carbocycles. The Morgan fingerprint density at radius 1 is 1.31 bits per heavy atom. The molecule has 0 spiro atoms. The zero-order valence-electron chi connectivity index (χ0n) is 7.33. The van der Waals surface area contributed by atoms with Crippen molar-refractivity contribution in [1.29, 1.82) is 0 Å². The van der Waals surface area contributed by atoms with Gasteiger partial charge in [0, 0.05) is 5.56 Å². The molecule has 4 heteroatoms. The molecule has 0 amide bonds. The molecule has 0 saturated carbocycles. The van der Waals surface area contributed by atoms with Gasteiger partial charge in [-0.25, -0.2) is 4.79 Å². The van der Waals surface area contributed by atoms with E-state index >= 15 is 0 Å². The summed E-state index contributed by atoms with van der Waals surface area (Å²) in [5.74, 6) is -1.65. The van der Waals surface area contributed by atoms with Gasteiger partial charge in [-0.05, 0) is 25.5 Å².